The van der Waals surface area contributed by atoms with E-state index in [1.165, 1.54) is 0 Å². The number of hydrogen-bond donors (Lipinski definition) is 2. The van der Waals surface area contributed by atoms with E-state index in [0.717, 1.165) is 19.4 Å². The summed E-state index contributed by atoms with van der Waals surface area (Å²) in [6.07, 6.45) is 1.84. The van der Waals surface area contributed by atoms with Crippen molar-refractivity contribution in [3.8, 4) is 6.01 Å². The number of rotatable bonds is 5. The lowest BCUT2D eigenvalue weighted by atomic mass is 9.80. The number of nitrogens with zero attached hydrogens (tertiary/aromatic N) is 5. The van der Waals surface area contributed by atoms with E-state index in [4.69, 9.17) is 26.1 Å². The molecule has 2 aromatic rings. The van der Waals surface area contributed by atoms with Gasteiger partial charge in [-0.2, -0.15) is 9.97 Å². The fraction of sp³-hybridized carbons (Fsp3) is 0.625. The van der Waals surface area contributed by atoms with Crippen molar-refractivity contribution in [3.63, 3.8) is 0 Å². The van der Waals surface area contributed by atoms with Crippen LogP contribution >= 0.6 is 11.6 Å². The van der Waals surface area contributed by atoms with E-state index < -0.39 is 12.7 Å². The standard InChI is InChI=1S/C24H35BClN5O5/c1-15-13-30(23(32)36-24(2,3)4)9-10-31(15)21-17-11-19(26)18(25(33)34)12-20(17)27-22(28-21)35-14-16-7-6-8-29(16)5/h11-12,15-16,33-34H,6-10,13-14H2,1-5H3. The van der Waals surface area contributed by atoms with Crippen molar-refractivity contribution in [1.29, 1.82) is 0 Å². The summed E-state index contributed by atoms with van der Waals surface area (Å²) in [4.78, 5) is 28.0. The SMILES string of the molecule is CC1CN(C(=O)OC(C)(C)C)CCN1c1nc(OCC2CCCN2C)nc2cc(B(O)O)c(Cl)cc12. The van der Waals surface area contributed by atoms with Crippen LogP contribution in [0.1, 0.15) is 40.5 Å². The van der Waals surface area contributed by atoms with Crippen LogP contribution in [0.25, 0.3) is 10.9 Å². The summed E-state index contributed by atoms with van der Waals surface area (Å²) in [7, 11) is 0.351. The van der Waals surface area contributed by atoms with E-state index in [1.807, 2.05) is 27.7 Å². The molecule has 2 atom stereocenters. The number of amides is 1. The molecule has 0 saturated carbocycles. The number of halogens is 1. The lowest BCUT2D eigenvalue weighted by Crippen LogP contribution is -2.55. The molecule has 4 rings (SSSR count). The maximum Gasteiger partial charge on any atom is 0.490 e. The summed E-state index contributed by atoms with van der Waals surface area (Å²) in [5.41, 5.74) is 0.105. The number of anilines is 1. The number of ether oxygens (including phenoxy) is 2. The number of benzene rings is 1. The largest absolute Gasteiger partial charge is 0.490 e. The number of aromatic nitrogens is 2. The van der Waals surface area contributed by atoms with Gasteiger partial charge in [-0.25, -0.2) is 4.79 Å². The Balaban J connectivity index is 1.64. The van der Waals surface area contributed by atoms with Gasteiger partial charge < -0.3 is 34.2 Å². The second-order valence-electron chi connectivity index (χ2n) is 10.7. The number of hydrogen-bond acceptors (Lipinski definition) is 9. The summed E-state index contributed by atoms with van der Waals surface area (Å²) in [5.74, 6) is 0.631. The van der Waals surface area contributed by atoms with Gasteiger partial charge in [0.1, 0.15) is 18.0 Å². The molecule has 2 fully saturated rings. The first kappa shape index (κ1) is 26.7. The van der Waals surface area contributed by atoms with Gasteiger partial charge >= 0.3 is 19.2 Å². The average Bonchev–Trinajstić information content (AvgIpc) is 3.20. The third-order valence-corrected chi connectivity index (χ3v) is 7.01. The van der Waals surface area contributed by atoms with E-state index in [-0.39, 0.29) is 28.6 Å². The Labute approximate surface area is 217 Å². The zero-order valence-corrected chi connectivity index (χ0v) is 22.3. The molecule has 0 aliphatic carbocycles. The van der Waals surface area contributed by atoms with Gasteiger partial charge in [0.05, 0.1) is 5.52 Å². The molecule has 0 radical (unpaired) electrons. The summed E-state index contributed by atoms with van der Waals surface area (Å²) < 4.78 is 11.6. The van der Waals surface area contributed by atoms with Crippen LogP contribution in [-0.4, -0.2) is 101 Å². The molecular weight excluding hydrogens is 485 g/mol. The van der Waals surface area contributed by atoms with E-state index in [1.54, 1.807) is 17.0 Å². The van der Waals surface area contributed by atoms with E-state index in [2.05, 4.69) is 21.8 Å². The predicted molar refractivity (Wildman–Crippen MR) is 140 cm³/mol. The second-order valence-corrected chi connectivity index (χ2v) is 11.1. The molecule has 0 spiro atoms. The highest BCUT2D eigenvalue weighted by atomic mass is 35.5. The van der Waals surface area contributed by atoms with Gasteiger partial charge in [0.2, 0.25) is 0 Å². The molecule has 1 amide bonds. The first-order chi connectivity index (χ1) is 16.9. The van der Waals surface area contributed by atoms with Crippen molar-refractivity contribution >= 4 is 47.0 Å². The fourth-order valence-electron chi connectivity index (χ4n) is 4.73. The molecule has 2 unspecified atom stereocenters. The molecule has 1 aromatic carbocycles. The first-order valence-electron chi connectivity index (χ1n) is 12.4. The molecule has 196 valence electrons. The van der Waals surface area contributed by atoms with Gasteiger partial charge in [-0.1, -0.05) is 11.6 Å². The third-order valence-electron chi connectivity index (χ3n) is 6.68. The molecule has 1 aromatic heterocycles. The zero-order chi connectivity index (χ0) is 26.2. The zero-order valence-electron chi connectivity index (χ0n) is 21.6. The number of likely N-dealkylation sites (N-methyl/N-ethyl adjacent to an activating group) is 1. The topological polar surface area (TPSA) is 111 Å². The van der Waals surface area contributed by atoms with Gasteiger partial charge in [0, 0.05) is 47.6 Å². The van der Waals surface area contributed by atoms with E-state index in [0.29, 0.717) is 49.0 Å². The van der Waals surface area contributed by atoms with Crippen LogP contribution in [0.4, 0.5) is 10.6 Å². The van der Waals surface area contributed by atoms with Gasteiger partial charge in [-0.3, -0.25) is 0 Å². The van der Waals surface area contributed by atoms with Crippen molar-refractivity contribution in [1.82, 2.24) is 19.8 Å². The van der Waals surface area contributed by atoms with Gasteiger partial charge in [0.15, 0.2) is 0 Å². The van der Waals surface area contributed by atoms with Crippen molar-refractivity contribution in [2.24, 2.45) is 0 Å². The molecule has 2 saturated heterocycles. The smallest absolute Gasteiger partial charge is 0.462 e. The van der Waals surface area contributed by atoms with Crippen molar-refractivity contribution < 1.29 is 24.3 Å². The average molecular weight is 520 g/mol. The van der Waals surface area contributed by atoms with Crippen molar-refractivity contribution in [2.75, 3.05) is 44.7 Å². The van der Waals surface area contributed by atoms with Crippen molar-refractivity contribution in [2.45, 2.75) is 58.2 Å². The van der Waals surface area contributed by atoms with Crippen LogP contribution in [0.2, 0.25) is 5.02 Å². The summed E-state index contributed by atoms with van der Waals surface area (Å²) in [6.45, 7) is 10.5. The Morgan fingerprint density at radius 1 is 1.22 bits per heavy atom. The second kappa shape index (κ2) is 10.6. The molecule has 3 heterocycles. The quantitative estimate of drug-likeness (QED) is 0.572. The van der Waals surface area contributed by atoms with Crippen LogP contribution in [0.3, 0.4) is 0 Å². The minimum Gasteiger partial charge on any atom is -0.462 e. The molecule has 2 aliphatic heterocycles. The van der Waals surface area contributed by atoms with Crippen molar-refractivity contribution in [3.05, 3.63) is 17.2 Å². The normalized spacial score (nSPS) is 21.2. The highest BCUT2D eigenvalue weighted by Crippen LogP contribution is 2.31. The summed E-state index contributed by atoms with van der Waals surface area (Å²) >= 11 is 6.37. The third kappa shape index (κ3) is 5.96. The Morgan fingerprint density at radius 2 is 1.97 bits per heavy atom. The number of fused-ring (bicyclic) bond motifs is 1. The Morgan fingerprint density at radius 3 is 2.58 bits per heavy atom. The number of likely N-dealkylation sites (tertiary alicyclic amines) is 1. The maximum atomic E-state index is 12.6. The number of carbonyl (C=O) groups excluding carboxylic acids is 1. The highest BCUT2D eigenvalue weighted by molar-refractivity contribution is 6.63. The maximum absolute atomic E-state index is 12.6. The predicted octanol–water partition coefficient (Wildman–Crippen LogP) is 1.88. The minimum atomic E-state index is -1.73. The molecular formula is C24H35BClN5O5. The fourth-order valence-corrected chi connectivity index (χ4v) is 5.00. The van der Waals surface area contributed by atoms with E-state index >= 15 is 0 Å². The van der Waals surface area contributed by atoms with Gasteiger partial charge in [-0.15, -0.1) is 0 Å². The highest BCUT2D eigenvalue weighted by Gasteiger charge is 2.32. The lowest BCUT2D eigenvalue weighted by Gasteiger charge is -2.41. The monoisotopic (exact) mass is 519 g/mol. The molecule has 10 nitrogen and oxygen atoms in total. The number of piperazine rings is 1. The first-order valence-corrected chi connectivity index (χ1v) is 12.8. The molecule has 36 heavy (non-hydrogen) atoms. The van der Waals surface area contributed by atoms with Crippen LogP contribution in [0.5, 0.6) is 6.01 Å². The van der Waals surface area contributed by atoms with E-state index in [9.17, 15) is 14.8 Å². The Bertz CT molecular complexity index is 1110. The Hall–Kier alpha value is -2.34. The van der Waals surface area contributed by atoms with Crippen LogP contribution in [-0.2, 0) is 4.74 Å². The summed E-state index contributed by atoms with van der Waals surface area (Å²) in [6, 6.07) is 3.66. The Kier molecular flexibility index (Phi) is 7.85. The number of carbonyl (C=O) groups is 1. The molecule has 2 aliphatic rings. The van der Waals surface area contributed by atoms with Crippen LogP contribution < -0.4 is 15.1 Å². The molecule has 0 bridgehead atoms. The molecule has 12 heteroatoms. The molecule has 2 N–H and O–H groups in total. The summed E-state index contributed by atoms with van der Waals surface area (Å²) in [5, 5.41) is 20.4. The van der Waals surface area contributed by atoms with Gasteiger partial charge in [0.25, 0.3) is 0 Å². The van der Waals surface area contributed by atoms with Crippen LogP contribution in [0.15, 0.2) is 12.1 Å². The minimum absolute atomic E-state index is 0.0694. The van der Waals surface area contributed by atoms with Gasteiger partial charge in [-0.05, 0) is 66.3 Å². The van der Waals surface area contributed by atoms with Crippen LogP contribution in [0, 0.1) is 0 Å². The lowest BCUT2D eigenvalue weighted by molar-refractivity contribution is 0.0218.